The van der Waals surface area contributed by atoms with Crippen LogP contribution in [-0.2, 0) is 11.3 Å². The Hall–Kier alpha value is -3.19. The minimum absolute atomic E-state index is 0.155. The molecule has 134 valence electrons. The zero-order chi connectivity index (χ0) is 18.8. The molecule has 26 heavy (non-hydrogen) atoms. The summed E-state index contributed by atoms with van der Waals surface area (Å²) in [5.41, 5.74) is 1.91. The SMILES string of the molecule is COCCn1c(C)c(-c2nccc(C(=O)O)c2C(=O)O)c2ccccc21. The summed E-state index contributed by atoms with van der Waals surface area (Å²) in [7, 11) is 1.61. The predicted octanol–water partition coefficient (Wildman–Crippen LogP) is 3.05. The van der Waals surface area contributed by atoms with Gasteiger partial charge in [0, 0.05) is 42.0 Å². The molecule has 2 heterocycles. The monoisotopic (exact) mass is 354 g/mol. The Labute approximate surface area is 149 Å². The Balaban J connectivity index is 2.37. The molecule has 3 rings (SSSR count). The Morgan fingerprint density at radius 1 is 1.15 bits per heavy atom. The fourth-order valence-electron chi connectivity index (χ4n) is 3.25. The highest BCUT2D eigenvalue weighted by molar-refractivity contribution is 6.09. The lowest BCUT2D eigenvalue weighted by atomic mass is 9.99. The number of aromatic carboxylic acids is 2. The van der Waals surface area contributed by atoms with E-state index in [0.717, 1.165) is 16.6 Å². The number of nitrogens with zero attached hydrogens (tertiary/aromatic N) is 2. The average molecular weight is 354 g/mol. The van der Waals surface area contributed by atoms with Crippen LogP contribution in [0.15, 0.2) is 36.5 Å². The van der Waals surface area contributed by atoms with E-state index in [1.54, 1.807) is 7.11 Å². The standard InChI is InChI=1S/C19H18N2O5/c1-11-15(12-5-3-4-6-14(12)21(11)9-10-26-2)17-16(19(24)25)13(18(22)23)7-8-20-17/h3-8H,9-10H2,1-2H3,(H,22,23)(H,24,25). The average Bonchev–Trinajstić information content (AvgIpc) is 2.90. The molecule has 0 saturated carbocycles. The Morgan fingerprint density at radius 2 is 1.88 bits per heavy atom. The Kier molecular flexibility index (Phi) is 4.73. The lowest BCUT2D eigenvalue weighted by Gasteiger charge is -2.10. The zero-order valence-electron chi connectivity index (χ0n) is 14.4. The third-order valence-corrected chi connectivity index (χ3v) is 4.38. The molecule has 0 atom stereocenters. The van der Waals surface area contributed by atoms with Crippen molar-refractivity contribution in [3.05, 3.63) is 53.3 Å². The summed E-state index contributed by atoms with van der Waals surface area (Å²) in [6.45, 7) is 2.95. The molecule has 7 heteroatoms. The highest BCUT2D eigenvalue weighted by Crippen LogP contribution is 2.36. The molecule has 0 aliphatic carbocycles. The van der Waals surface area contributed by atoms with E-state index in [-0.39, 0.29) is 16.8 Å². The second-order valence-corrected chi connectivity index (χ2v) is 5.81. The van der Waals surface area contributed by atoms with E-state index in [4.69, 9.17) is 4.74 Å². The first kappa shape index (κ1) is 17.6. The van der Waals surface area contributed by atoms with Gasteiger partial charge in [-0.3, -0.25) is 4.98 Å². The predicted molar refractivity (Wildman–Crippen MR) is 95.7 cm³/mol. The molecule has 0 radical (unpaired) electrons. The number of rotatable bonds is 6. The van der Waals surface area contributed by atoms with Crippen LogP contribution in [0.1, 0.15) is 26.4 Å². The largest absolute Gasteiger partial charge is 0.478 e. The first-order valence-corrected chi connectivity index (χ1v) is 8.00. The second-order valence-electron chi connectivity index (χ2n) is 5.81. The second kappa shape index (κ2) is 6.97. The van der Waals surface area contributed by atoms with Gasteiger partial charge in [-0.2, -0.15) is 0 Å². The summed E-state index contributed by atoms with van der Waals surface area (Å²) in [5, 5.41) is 19.8. The number of fused-ring (bicyclic) bond motifs is 1. The molecule has 0 aliphatic heterocycles. The molecule has 0 aliphatic rings. The number of carboxylic acid groups (broad SMARTS) is 2. The molecule has 0 spiro atoms. The number of ether oxygens (including phenoxy) is 1. The molecule has 2 N–H and O–H groups in total. The van der Waals surface area contributed by atoms with Crippen molar-refractivity contribution in [1.29, 1.82) is 0 Å². The smallest absolute Gasteiger partial charge is 0.338 e. The van der Waals surface area contributed by atoms with Crippen molar-refractivity contribution in [3.63, 3.8) is 0 Å². The molecule has 0 bridgehead atoms. The molecule has 3 aromatic rings. The first-order valence-electron chi connectivity index (χ1n) is 8.00. The van der Waals surface area contributed by atoms with E-state index in [9.17, 15) is 19.8 Å². The van der Waals surface area contributed by atoms with Crippen molar-refractivity contribution in [3.8, 4) is 11.3 Å². The van der Waals surface area contributed by atoms with Crippen LogP contribution >= 0.6 is 0 Å². The van der Waals surface area contributed by atoms with Crippen LogP contribution in [0.4, 0.5) is 0 Å². The maximum atomic E-state index is 11.8. The number of hydrogen-bond acceptors (Lipinski definition) is 4. The number of benzene rings is 1. The van der Waals surface area contributed by atoms with Crippen molar-refractivity contribution in [2.45, 2.75) is 13.5 Å². The number of carboxylic acids is 2. The number of aromatic nitrogens is 2. The normalized spacial score (nSPS) is 11.0. The molecular weight excluding hydrogens is 336 g/mol. The van der Waals surface area contributed by atoms with Crippen molar-refractivity contribution in [2.75, 3.05) is 13.7 Å². The van der Waals surface area contributed by atoms with Crippen molar-refractivity contribution in [1.82, 2.24) is 9.55 Å². The van der Waals surface area contributed by atoms with Gasteiger partial charge in [0.2, 0.25) is 0 Å². The van der Waals surface area contributed by atoms with Gasteiger partial charge in [-0.25, -0.2) is 9.59 Å². The van der Waals surface area contributed by atoms with Gasteiger partial charge in [-0.15, -0.1) is 0 Å². The van der Waals surface area contributed by atoms with E-state index in [1.165, 1.54) is 12.3 Å². The molecule has 0 saturated heterocycles. The molecular formula is C19H18N2O5. The molecule has 1 aromatic carbocycles. The summed E-state index contributed by atoms with van der Waals surface area (Å²) in [6, 6.07) is 8.76. The fraction of sp³-hybridized carbons (Fsp3) is 0.211. The lowest BCUT2D eigenvalue weighted by molar-refractivity contribution is 0.0651. The van der Waals surface area contributed by atoms with Crippen LogP contribution in [0.3, 0.4) is 0 Å². The van der Waals surface area contributed by atoms with Crippen LogP contribution in [0, 0.1) is 6.92 Å². The van der Waals surface area contributed by atoms with Gasteiger partial charge in [-0.1, -0.05) is 18.2 Å². The van der Waals surface area contributed by atoms with E-state index >= 15 is 0 Å². The Bertz CT molecular complexity index is 1010. The van der Waals surface area contributed by atoms with Gasteiger partial charge in [0.1, 0.15) is 5.56 Å². The van der Waals surface area contributed by atoms with Gasteiger partial charge in [0.15, 0.2) is 0 Å². The summed E-state index contributed by atoms with van der Waals surface area (Å²) < 4.78 is 7.19. The number of hydrogen-bond donors (Lipinski definition) is 2. The van der Waals surface area contributed by atoms with Crippen LogP contribution in [-0.4, -0.2) is 45.4 Å². The third kappa shape index (κ3) is 2.82. The van der Waals surface area contributed by atoms with E-state index in [1.807, 2.05) is 35.8 Å². The summed E-state index contributed by atoms with van der Waals surface area (Å²) in [6.07, 6.45) is 1.33. The minimum Gasteiger partial charge on any atom is -0.478 e. The molecule has 2 aromatic heterocycles. The number of para-hydroxylation sites is 1. The topological polar surface area (TPSA) is 102 Å². The van der Waals surface area contributed by atoms with Gasteiger partial charge in [0.25, 0.3) is 0 Å². The number of methoxy groups -OCH3 is 1. The first-order chi connectivity index (χ1) is 12.5. The highest BCUT2D eigenvalue weighted by atomic mass is 16.5. The van der Waals surface area contributed by atoms with E-state index < -0.39 is 11.9 Å². The van der Waals surface area contributed by atoms with Gasteiger partial charge in [0.05, 0.1) is 17.9 Å². The summed E-state index contributed by atoms with van der Waals surface area (Å²) in [5.74, 6) is -2.62. The van der Waals surface area contributed by atoms with Crippen molar-refractivity contribution >= 4 is 22.8 Å². The van der Waals surface area contributed by atoms with E-state index in [0.29, 0.717) is 18.7 Å². The maximum Gasteiger partial charge on any atom is 0.338 e. The molecule has 0 amide bonds. The summed E-state index contributed by atoms with van der Waals surface area (Å²) >= 11 is 0. The fourth-order valence-corrected chi connectivity index (χ4v) is 3.25. The lowest BCUT2D eigenvalue weighted by Crippen LogP contribution is -2.11. The Morgan fingerprint density at radius 3 is 2.54 bits per heavy atom. The minimum atomic E-state index is -1.32. The maximum absolute atomic E-state index is 11.8. The molecule has 0 fully saturated rings. The van der Waals surface area contributed by atoms with E-state index in [2.05, 4.69) is 4.98 Å². The quantitative estimate of drug-likeness (QED) is 0.705. The van der Waals surface area contributed by atoms with Gasteiger partial charge >= 0.3 is 11.9 Å². The van der Waals surface area contributed by atoms with Crippen LogP contribution in [0.25, 0.3) is 22.2 Å². The van der Waals surface area contributed by atoms with Crippen LogP contribution < -0.4 is 0 Å². The van der Waals surface area contributed by atoms with Crippen molar-refractivity contribution < 1.29 is 24.5 Å². The van der Waals surface area contributed by atoms with Crippen LogP contribution in [0.5, 0.6) is 0 Å². The molecule has 0 unspecified atom stereocenters. The van der Waals surface area contributed by atoms with Crippen molar-refractivity contribution in [2.24, 2.45) is 0 Å². The molecule has 7 nitrogen and oxygen atoms in total. The number of carbonyl (C=O) groups is 2. The highest BCUT2D eigenvalue weighted by Gasteiger charge is 2.26. The zero-order valence-corrected chi connectivity index (χ0v) is 14.4. The van der Waals surface area contributed by atoms with Gasteiger partial charge in [-0.05, 0) is 19.1 Å². The summed E-state index contributed by atoms with van der Waals surface area (Å²) in [4.78, 5) is 27.5. The third-order valence-electron chi connectivity index (χ3n) is 4.38. The van der Waals surface area contributed by atoms with Gasteiger partial charge < -0.3 is 19.5 Å². The van der Waals surface area contributed by atoms with Crippen LogP contribution in [0.2, 0.25) is 0 Å². The number of pyridine rings is 1.